The highest BCUT2D eigenvalue weighted by Crippen LogP contribution is 2.38. The maximum absolute atomic E-state index is 4.89. The van der Waals surface area contributed by atoms with Gasteiger partial charge >= 0.3 is 0 Å². The van der Waals surface area contributed by atoms with Crippen LogP contribution in [0.5, 0.6) is 0 Å². The molecule has 0 fully saturated rings. The second kappa shape index (κ2) is 6.54. The second-order valence-corrected chi connectivity index (χ2v) is 9.98. The lowest BCUT2D eigenvalue weighted by Crippen LogP contribution is -2.34. The molecule has 0 spiro atoms. The molecule has 28 heavy (non-hydrogen) atoms. The number of benzene rings is 2. The minimum Gasteiger partial charge on any atom is -0.245 e. The summed E-state index contributed by atoms with van der Waals surface area (Å²) in [6, 6.07) is 15.0. The Morgan fingerprint density at radius 2 is 1.75 bits per heavy atom. The summed E-state index contributed by atoms with van der Waals surface area (Å²) in [7, 11) is 0.592. The minimum absolute atomic E-state index is 0.592. The van der Waals surface area contributed by atoms with Gasteiger partial charge in [0, 0.05) is 39.7 Å². The molecule has 0 atom stereocenters. The Bertz CT molecular complexity index is 1150. The van der Waals surface area contributed by atoms with Gasteiger partial charge in [0.15, 0.2) is 5.82 Å². The number of hydrogen-bond acceptors (Lipinski definition) is 6. The van der Waals surface area contributed by atoms with Gasteiger partial charge < -0.3 is 0 Å². The van der Waals surface area contributed by atoms with E-state index in [1.165, 1.54) is 31.3 Å². The summed E-state index contributed by atoms with van der Waals surface area (Å²) in [6.07, 6.45) is 6.42. The molecule has 4 heterocycles. The van der Waals surface area contributed by atoms with Gasteiger partial charge in [0.25, 0.3) is 0 Å². The van der Waals surface area contributed by atoms with Crippen molar-refractivity contribution in [2.24, 2.45) is 0 Å². The van der Waals surface area contributed by atoms with Crippen LogP contribution in [-0.2, 0) is 6.42 Å². The molecule has 6 rings (SSSR count). The highest BCUT2D eigenvalue weighted by molar-refractivity contribution is 8.00. The number of hydrogen-bond donors (Lipinski definition) is 0. The van der Waals surface area contributed by atoms with Gasteiger partial charge in [-0.15, -0.1) is 0 Å². The highest BCUT2D eigenvalue weighted by atomic mass is 32.2. The summed E-state index contributed by atoms with van der Waals surface area (Å²) in [6.45, 7) is 0. The molecule has 2 aromatic heterocycles. The summed E-state index contributed by atoms with van der Waals surface area (Å²) in [5.74, 6) is 0.783. The van der Waals surface area contributed by atoms with Gasteiger partial charge in [-0.25, -0.2) is 19.9 Å². The van der Waals surface area contributed by atoms with Crippen molar-refractivity contribution in [3.63, 3.8) is 0 Å². The summed E-state index contributed by atoms with van der Waals surface area (Å²) in [4.78, 5) is 20.7. The van der Waals surface area contributed by atoms with Crippen LogP contribution in [-0.4, -0.2) is 29.5 Å². The maximum atomic E-state index is 4.89. The Balaban J connectivity index is 1.36. The summed E-state index contributed by atoms with van der Waals surface area (Å²) in [5, 5.41) is 4.66. The molecule has 0 saturated heterocycles. The molecule has 2 aliphatic rings. The monoisotopic (exact) mass is 412 g/mol. The molecule has 0 saturated carbocycles. The third-order valence-corrected chi connectivity index (χ3v) is 8.72. The van der Waals surface area contributed by atoms with Gasteiger partial charge in [-0.3, -0.25) is 0 Å². The van der Waals surface area contributed by atoms with E-state index >= 15 is 0 Å². The van der Waals surface area contributed by atoms with Gasteiger partial charge in [0.1, 0.15) is 25.9 Å². The fraction of sp³-hybridized carbons (Fsp3) is 0.0476. The molecule has 4 nitrogen and oxygen atoms in total. The van der Waals surface area contributed by atoms with Crippen LogP contribution in [0, 0.1) is 0 Å². The van der Waals surface area contributed by atoms with E-state index in [9.17, 15) is 0 Å². The first-order chi connectivity index (χ1) is 13.8. The van der Waals surface area contributed by atoms with Crippen molar-refractivity contribution in [1.82, 2.24) is 19.9 Å². The van der Waals surface area contributed by atoms with Crippen LogP contribution >= 0.6 is 23.5 Å². The maximum Gasteiger partial charge on any atom is 0.160 e. The van der Waals surface area contributed by atoms with Crippen LogP contribution in [0.15, 0.2) is 81.0 Å². The molecular weight excluding hydrogens is 400 g/mol. The molecular formula is C21H12N4S2Si. The second-order valence-electron chi connectivity index (χ2n) is 6.59. The highest BCUT2D eigenvalue weighted by Gasteiger charge is 2.21. The first-order valence-corrected chi connectivity index (χ1v) is 11.5. The third kappa shape index (κ3) is 2.78. The van der Waals surface area contributed by atoms with E-state index in [-0.39, 0.29) is 0 Å². The Labute approximate surface area is 173 Å². The van der Waals surface area contributed by atoms with E-state index < -0.39 is 0 Å². The lowest BCUT2D eigenvalue weighted by Gasteiger charge is -2.19. The van der Waals surface area contributed by atoms with Gasteiger partial charge in [-0.1, -0.05) is 53.9 Å². The van der Waals surface area contributed by atoms with Gasteiger partial charge in [0.2, 0.25) is 0 Å². The van der Waals surface area contributed by atoms with Crippen LogP contribution in [0.4, 0.5) is 0 Å². The minimum atomic E-state index is 0.592. The normalized spacial score (nSPS) is 13.9. The van der Waals surface area contributed by atoms with E-state index in [0.717, 1.165) is 27.9 Å². The van der Waals surface area contributed by atoms with Crippen molar-refractivity contribution in [3.8, 4) is 11.4 Å². The quantitative estimate of drug-likeness (QED) is 0.306. The van der Waals surface area contributed by atoms with Crippen LogP contribution in [0.1, 0.15) is 11.1 Å². The predicted octanol–water partition coefficient (Wildman–Crippen LogP) is 3.11. The molecule has 0 aliphatic carbocycles. The Morgan fingerprint density at radius 1 is 0.821 bits per heavy atom. The third-order valence-electron chi connectivity index (χ3n) is 4.78. The van der Waals surface area contributed by atoms with Gasteiger partial charge in [-0.2, -0.15) is 0 Å². The molecule has 0 N–H and O–H groups in total. The van der Waals surface area contributed by atoms with Crippen LogP contribution < -0.4 is 10.4 Å². The van der Waals surface area contributed by atoms with Crippen molar-refractivity contribution in [2.75, 3.05) is 0 Å². The fourth-order valence-corrected chi connectivity index (χ4v) is 6.81. The zero-order chi connectivity index (χ0) is 18.5. The molecule has 2 aliphatic heterocycles. The largest absolute Gasteiger partial charge is 0.245 e. The number of nitrogens with zero attached hydrogens (tertiary/aromatic N) is 4. The van der Waals surface area contributed by atoms with E-state index in [4.69, 9.17) is 4.98 Å². The lowest BCUT2D eigenvalue weighted by atomic mass is 10.1. The first kappa shape index (κ1) is 16.5. The lowest BCUT2D eigenvalue weighted by molar-refractivity contribution is 0.939. The molecule has 2 radical (unpaired) electrons. The van der Waals surface area contributed by atoms with E-state index in [1.54, 1.807) is 29.9 Å². The summed E-state index contributed by atoms with van der Waals surface area (Å²) >= 11 is 3.44. The fourth-order valence-electron chi connectivity index (χ4n) is 3.38. The topological polar surface area (TPSA) is 51.6 Å². The van der Waals surface area contributed by atoms with Gasteiger partial charge in [-0.05, 0) is 28.1 Å². The average molecular weight is 413 g/mol. The first-order valence-electron chi connectivity index (χ1n) is 8.84. The number of aromatic nitrogens is 4. The van der Waals surface area contributed by atoms with Crippen molar-refractivity contribution in [2.45, 2.75) is 26.3 Å². The molecule has 4 aromatic rings. The Kier molecular flexibility index (Phi) is 3.85. The molecule has 0 unspecified atom stereocenters. The van der Waals surface area contributed by atoms with Crippen LogP contribution in [0.2, 0.25) is 0 Å². The number of rotatable bonds is 1. The van der Waals surface area contributed by atoms with Crippen molar-refractivity contribution >= 4 is 43.4 Å². The van der Waals surface area contributed by atoms with E-state index in [0.29, 0.717) is 9.52 Å². The van der Waals surface area contributed by atoms with Crippen molar-refractivity contribution in [1.29, 1.82) is 0 Å². The summed E-state index contributed by atoms with van der Waals surface area (Å²) < 4.78 is 0. The molecule has 0 amide bonds. The molecule has 0 bridgehead atoms. The zero-order valence-electron chi connectivity index (χ0n) is 14.6. The van der Waals surface area contributed by atoms with Gasteiger partial charge in [0.05, 0.1) is 0 Å². The smallest absolute Gasteiger partial charge is 0.160 e. The Hall–Kier alpha value is -2.48. The SMILES string of the molecule is c1ccc2c(c1)Cc1cnc(-c3ccc4c(c3)Sc3ncncc3[Si]4)nc1S2. The zero-order valence-corrected chi connectivity index (χ0v) is 17.2. The van der Waals surface area contributed by atoms with E-state index in [1.807, 2.05) is 12.4 Å². The van der Waals surface area contributed by atoms with Crippen LogP contribution in [0.25, 0.3) is 11.4 Å². The predicted molar refractivity (Wildman–Crippen MR) is 112 cm³/mol. The van der Waals surface area contributed by atoms with Crippen molar-refractivity contribution in [3.05, 3.63) is 72.3 Å². The molecule has 2 aromatic carbocycles. The standard InChI is InChI=1S/C21H12N4S2Si/c1-2-4-15-12(3-1)7-14-9-23-19(25-20(14)26-15)13-5-6-17-16(8-13)27-21-18(28-17)10-22-11-24-21/h1-6,8-11H,7H2. The average Bonchev–Trinajstić information content (AvgIpc) is 2.75. The van der Waals surface area contributed by atoms with Crippen LogP contribution in [0.3, 0.4) is 0 Å². The van der Waals surface area contributed by atoms with Crippen molar-refractivity contribution < 1.29 is 0 Å². The number of fused-ring (bicyclic) bond motifs is 4. The summed E-state index contributed by atoms with van der Waals surface area (Å²) in [5.41, 5.74) is 3.60. The molecule has 7 heteroatoms. The Morgan fingerprint density at radius 3 is 2.75 bits per heavy atom. The molecule has 132 valence electrons. The van der Waals surface area contributed by atoms with E-state index in [2.05, 4.69) is 57.4 Å².